The highest BCUT2D eigenvalue weighted by Crippen LogP contribution is 2.44. The largest absolute Gasteiger partial charge is 0.410 e. The van der Waals surface area contributed by atoms with Crippen molar-refractivity contribution in [1.29, 1.82) is 0 Å². The van der Waals surface area contributed by atoms with Crippen LogP contribution in [0.4, 0.5) is 19.0 Å². The van der Waals surface area contributed by atoms with E-state index in [0.717, 1.165) is 40.6 Å². The standard InChI is InChI=1S/C21H23BrF3N5O/c22-14-5-3-13(4-6-14)17-10-18(21(23,24)25)30-19(27-17)16(11-26-30)20(31)29-9-8-28-7-1-2-15(28)12-29/h3-6,11,15,17-18,27H,1-2,7-10,12H2/t15-,17-,18+/m1/s1. The van der Waals surface area contributed by atoms with Crippen molar-refractivity contribution >= 4 is 27.7 Å². The van der Waals surface area contributed by atoms with Gasteiger partial charge in [0, 0.05) is 36.6 Å². The molecule has 4 heterocycles. The van der Waals surface area contributed by atoms with Gasteiger partial charge in [0.25, 0.3) is 5.91 Å². The highest BCUT2D eigenvalue weighted by molar-refractivity contribution is 9.10. The van der Waals surface area contributed by atoms with Crippen LogP contribution in [0.5, 0.6) is 0 Å². The number of piperazine rings is 1. The number of fused-ring (bicyclic) bond motifs is 2. The van der Waals surface area contributed by atoms with Gasteiger partial charge in [-0.2, -0.15) is 18.3 Å². The number of anilines is 1. The van der Waals surface area contributed by atoms with E-state index in [-0.39, 0.29) is 23.7 Å². The Morgan fingerprint density at radius 3 is 2.68 bits per heavy atom. The lowest BCUT2D eigenvalue weighted by Gasteiger charge is -2.38. The fourth-order valence-corrected chi connectivity index (χ4v) is 5.24. The average molecular weight is 498 g/mol. The van der Waals surface area contributed by atoms with Gasteiger partial charge in [-0.25, -0.2) is 4.68 Å². The summed E-state index contributed by atoms with van der Waals surface area (Å²) in [5, 5.41) is 7.17. The molecule has 1 aromatic carbocycles. The van der Waals surface area contributed by atoms with Gasteiger partial charge in [-0.1, -0.05) is 28.1 Å². The fraction of sp³-hybridized carbons (Fsp3) is 0.524. The van der Waals surface area contributed by atoms with Crippen LogP contribution >= 0.6 is 15.9 Å². The molecule has 3 aliphatic heterocycles. The summed E-state index contributed by atoms with van der Waals surface area (Å²) in [4.78, 5) is 17.4. The Morgan fingerprint density at radius 1 is 1.16 bits per heavy atom. The van der Waals surface area contributed by atoms with E-state index in [0.29, 0.717) is 19.1 Å². The summed E-state index contributed by atoms with van der Waals surface area (Å²) in [5.41, 5.74) is 0.949. The van der Waals surface area contributed by atoms with Crippen LogP contribution in [0.2, 0.25) is 0 Å². The molecule has 166 valence electrons. The van der Waals surface area contributed by atoms with E-state index in [4.69, 9.17) is 0 Å². The van der Waals surface area contributed by atoms with Crippen molar-refractivity contribution in [3.8, 4) is 0 Å². The third kappa shape index (κ3) is 3.84. The van der Waals surface area contributed by atoms with E-state index < -0.39 is 18.3 Å². The Hall–Kier alpha value is -2.07. The van der Waals surface area contributed by atoms with E-state index in [9.17, 15) is 18.0 Å². The van der Waals surface area contributed by atoms with Crippen molar-refractivity contribution in [2.45, 2.75) is 43.6 Å². The molecule has 6 nitrogen and oxygen atoms in total. The summed E-state index contributed by atoms with van der Waals surface area (Å²) in [7, 11) is 0. The minimum absolute atomic E-state index is 0.153. The maximum Gasteiger partial charge on any atom is 0.410 e. The summed E-state index contributed by atoms with van der Waals surface area (Å²) in [6, 6.07) is 5.18. The number of hydrogen-bond donors (Lipinski definition) is 1. The molecule has 0 saturated carbocycles. The van der Waals surface area contributed by atoms with Crippen LogP contribution in [0.3, 0.4) is 0 Å². The van der Waals surface area contributed by atoms with Gasteiger partial charge in [0.05, 0.1) is 12.2 Å². The van der Waals surface area contributed by atoms with Crippen LogP contribution in [-0.2, 0) is 0 Å². The van der Waals surface area contributed by atoms with Gasteiger partial charge >= 0.3 is 6.18 Å². The number of alkyl halides is 3. The molecule has 5 rings (SSSR count). The lowest BCUT2D eigenvalue weighted by molar-refractivity contribution is -0.173. The van der Waals surface area contributed by atoms with Crippen molar-refractivity contribution in [1.82, 2.24) is 19.6 Å². The van der Waals surface area contributed by atoms with Gasteiger partial charge in [0.2, 0.25) is 0 Å². The summed E-state index contributed by atoms with van der Waals surface area (Å²) in [5.74, 6) is -0.0991. The molecule has 2 saturated heterocycles. The third-order valence-corrected chi connectivity index (χ3v) is 7.14. The number of nitrogens with one attached hydrogen (secondary N) is 1. The van der Waals surface area contributed by atoms with Gasteiger partial charge in [0.1, 0.15) is 11.4 Å². The SMILES string of the molecule is O=C(c1cnn2c1N[C@@H](c1ccc(Br)cc1)C[C@H]2C(F)(F)F)N1CCN2CCC[C@@H]2C1. The number of hydrogen-bond acceptors (Lipinski definition) is 4. The van der Waals surface area contributed by atoms with Gasteiger partial charge in [0.15, 0.2) is 6.04 Å². The number of carbonyl (C=O) groups is 1. The van der Waals surface area contributed by atoms with E-state index in [1.165, 1.54) is 6.20 Å². The molecule has 0 aliphatic carbocycles. The fourth-order valence-electron chi connectivity index (χ4n) is 4.98. The lowest BCUT2D eigenvalue weighted by atomic mass is 9.96. The Kier molecular flexibility index (Phi) is 5.24. The Labute approximate surface area is 186 Å². The van der Waals surface area contributed by atoms with Crippen LogP contribution in [0.1, 0.15) is 47.3 Å². The molecule has 1 N–H and O–H groups in total. The summed E-state index contributed by atoms with van der Waals surface area (Å²) in [6.45, 7) is 3.06. The van der Waals surface area contributed by atoms with Crippen LogP contribution in [0.25, 0.3) is 0 Å². The second-order valence-electron chi connectivity index (χ2n) is 8.48. The zero-order chi connectivity index (χ0) is 21.8. The Morgan fingerprint density at radius 2 is 1.94 bits per heavy atom. The third-order valence-electron chi connectivity index (χ3n) is 6.62. The molecule has 0 radical (unpaired) electrons. The topological polar surface area (TPSA) is 53.4 Å². The number of amides is 1. The molecule has 10 heteroatoms. The second kappa shape index (κ2) is 7.81. The van der Waals surface area contributed by atoms with Crippen LogP contribution in [0, 0.1) is 0 Å². The molecule has 0 spiro atoms. The number of benzene rings is 1. The second-order valence-corrected chi connectivity index (χ2v) is 9.39. The zero-order valence-electron chi connectivity index (χ0n) is 16.8. The first-order valence-corrected chi connectivity index (χ1v) is 11.3. The number of carbonyl (C=O) groups excluding carboxylic acids is 1. The van der Waals surface area contributed by atoms with Crippen molar-refractivity contribution in [2.24, 2.45) is 0 Å². The number of rotatable bonds is 2. The minimum atomic E-state index is -4.47. The normalized spacial score (nSPS) is 26.3. The Balaban J connectivity index is 1.46. The summed E-state index contributed by atoms with van der Waals surface area (Å²) >= 11 is 3.36. The summed E-state index contributed by atoms with van der Waals surface area (Å²) < 4.78 is 43.5. The molecule has 2 aromatic rings. The highest BCUT2D eigenvalue weighted by Gasteiger charge is 2.47. The molecule has 0 unspecified atom stereocenters. The van der Waals surface area contributed by atoms with Crippen molar-refractivity contribution in [2.75, 3.05) is 31.5 Å². The quantitative estimate of drug-likeness (QED) is 0.674. The number of aromatic nitrogens is 2. The average Bonchev–Trinajstić information content (AvgIpc) is 3.38. The molecule has 1 amide bonds. The van der Waals surface area contributed by atoms with Gasteiger partial charge < -0.3 is 10.2 Å². The molecule has 2 fully saturated rings. The van der Waals surface area contributed by atoms with E-state index >= 15 is 0 Å². The van der Waals surface area contributed by atoms with Gasteiger partial charge in [-0.15, -0.1) is 0 Å². The van der Waals surface area contributed by atoms with Crippen molar-refractivity contribution in [3.05, 3.63) is 46.1 Å². The molecular weight excluding hydrogens is 475 g/mol. The molecule has 3 atom stereocenters. The van der Waals surface area contributed by atoms with E-state index in [1.54, 1.807) is 29.2 Å². The van der Waals surface area contributed by atoms with Crippen LogP contribution in [-0.4, -0.2) is 63.9 Å². The first-order chi connectivity index (χ1) is 14.8. The van der Waals surface area contributed by atoms with Crippen LogP contribution in [0.15, 0.2) is 34.9 Å². The maximum atomic E-state index is 13.9. The number of halogens is 4. The van der Waals surface area contributed by atoms with Crippen LogP contribution < -0.4 is 5.32 Å². The molecule has 31 heavy (non-hydrogen) atoms. The predicted octanol–water partition coefficient (Wildman–Crippen LogP) is 4.23. The number of nitrogens with zero attached hydrogens (tertiary/aromatic N) is 4. The maximum absolute atomic E-state index is 13.9. The minimum Gasteiger partial charge on any atom is -0.363 e. The van der Waals surface area contributed by atoms with Crippen molar-refractivity contribution in [3.63, 3.8) is 0 Å². The van der Waals surface area contributed by atoms with E-state index in [2.05, 4.69) is 31.2 Å². The first kappa shape index (κ1) is 20.8. The molecular formula is C21H23BrF3N5O. The summed E-state index contributed by atoms with van der Waals surface area (Å²) in [6.07, 6.45) is -1.19. The van der Waals surface area contributed by atoms with E-state index in [1.807, 2.05) is 0 Å². The van der Waals surface area contributed by atoms with Gasteiger partial charge in [-0.3, -0.25) is 9.69 Å². The van der Waals surface area contributed by atoms with Gasteiger partial charge in [-0.05, 0) is 37.1 Å². The first-order valence-electron chi connectivity index (χ1n) is 10.5. The zero-order valence-corrected chi connectivity index (χ0v) is 18.4. The highest BCUT2D eigenvalue weighted by atomic mass is 79.9. The van der Waals surface area contributed by atoms with Crippen molar-refractivity contribution < 1.29 is 18.0 Å². The molecule has 1 aromatic heterocycles. The lowest BCUT2D eigenvalue weighted by Crippen LogP contribution is -2.52. The predicted molar refractivity (Wildman–Crippen MR) is 113 cm³/mol. The monoisotopic (exact) mass is 497 g/mol. The molecule has 0 bridgehead atoms. The Bertz CT molecular complexity index is 976. The molecule has 3 aliphatic rings. The smallest absolute Gasteiger partial charge is 0.363 e.